The molecule has 2 bridgehead atoms. The summed E-state index contributed by atoms with van der Waals surface area (Å²) in [4.78, 5) is 11.1. The maximum Gasteiger partial charge on any atom is 0.305 e. The molecule has 0 amide bonds. The van der Waals surface area contributed by atoms with E-state index < -0.39 is 0 Å². The zero-order valence-corrected chi connectivity index (χ0v) is 16.6. The number of unbranched alkanes of at least 4 members (excludes halogenated alkanes) is 8. The summed E-state index contributed by atoms with van der Waals surface area (Å²) in [5.41, 5.74) is 0. The summed E-state index contributed by atoms with van der Waals surface area (Å²) in [6, 6.07) is 0. The van der Waals surface area contributed by atoms with E-state index in [0.29, 0.717) is 12.5 Å². The molecule has 2 rings (SSSR count). The summed E-state index contributed by atoms with van der Waals surface area (Å²) in [6.07, 6.45) is 18.3. The van der Waals surface area contributed by atoms with Gasteiger partial charge in [0, 0.05) is 6.42 Å². The molecule has 0 aromatic heterocycles. The molecule has 25 heavy (non-hydrogen) atoms. The number of hydrogen-bond donors (Lipinski definition) is 0. The minimum absolute atomic E-state index is 0.0655. The van der Waals surface area contributed by atoms with Gasteiger partial charge in [-0.1, -0.05) is 64.7 Å². The van der Waals surface area contributed by atoms with E-state index >= 15 is 0 Å². The highest BCUT2D eigenvalue weighted by atomic mass is 16.5. The summed E-state index contributed by atoms with van der Waals surface area (Å²) in [6.45, 7) is 3.30. The van der Waals surface area contributed by atoms with Gasteiger partial charge in [0.05, 0.1) is 19.8 Å². The Morgan fingerprint density at radius 1 is 0.920 bits per heavy atom. The lowest BCUT2D eigenvalue weighted by atomic mass is 9.81. The zero-order chi connectivity index (χ0) is 17.9. The predicted octanol–water partition coefficient (Wildman–Crippen LogP) is 5.90. The second-order valence-corrected chi connectivity index (χ2v) is 8.28. The molecule has 1 heterocycles. The second-order valence-electron chi connectivity index (χ2n) is 8.28. The van der Waals surface area contributed by atoms with E-state index in [4.69, 9.17) is 9.47 Å². The Bertz CT molecular complexity index is 368. The first-order valence-corrected chi connectivity index (χ1v) is 10.9. The van der Waals surface area contributed by atoms with E-state index in [1.165, 1.54) is 77.7 Å². The third-order valence-electron chi connectivity index (χ3n) is 6.48. The quantitative estimate of drug-likeness (QED) is 0.288. The molecule has 0 radical (unpaired) electrons. The molecule has 0 N–H and O–H groups in total. The molecule has 2 fully saturated rings. The third-order valence-corrected chi connectivity index (χ3v) is 6.48. The van der Waals surface area contributed by atoms with Gasteiger partial charge in [0.1, 0.15) is 0 Å². The number of hydrogen-bond acceptors (Lipinski definition) is 3. The minimum atomic E-state index is -0.0655. The second kappa shape index (κ2) is 11.9. The Hall–Kier alpha value is -0.570. The molecule has 1 saturated heterocycles. The lowest BCUT2D eigenvalue weighted by Crippen LogP contribution is -2.29. The van der Waals surface area contributed by atoms with E-state index in [-0.39, 0.29) is 5.97 Å². The molecule has 3 nitrogen and oxygen atoms in total. The van der Waals surface area contributed by atoms with Gasteiger partial charge in [0.15, 0.2) is 0 Å². The van der Waals surface area contributed by atoms with Crippen LogP contribution in [-0.4, -0.2) is 25.8 Å². The van der Waals surface area contributed by atoms with Crippen LogP contribution in [0.3, 0.4) is 0 Å². The van der Waals surface area contributed by atoms with Crippen molar-refractivity contribution in [3.63, 3.8) is 0 Å². The largest absolute Gasteiger partial charge is 0.469 e. The van der Waals surface area contributed by atoms with Crippen molar-refractivity contribution in [2.45, 2.75) is 103 Å². The number of carbonyl (C=O) groups is 1. The van der Waals surface area contributed by atoms with Gasteiger partial charge in [0.25, 0.3) is 0 Å². The van der Waals surface area contributed by atoms with Crippen molar-refractivity contribution in [3.8, 4) is 0 Å². The monoisotopic (exact) mass is 352 g/mol. The first-order chi connectivity index (χ1) is 12.3. The van der Waals surface area contributed by atoms with Crippen molar-refractivity contribution in [3.05, 3.63) is 0 Å². The smallest absolute Gasteiger partial charge is 0.305 e. The molecule has 0 spiro atoms. The molecular weight excluding hydrogens is 312 g/mol. The van der Waals surface area contributed by atoms with Crippen LogP contribution in [0.25, 0.3) is 0 Å². The lowest BCUT2D eigenvalue weighted by Gasteiger charge is -2.31. The summed E-state index contributed by atoms with van der Waals surface area (Å²) in [7, 11) is 1.48. The van der Waals surface area contributed by atoms with Crippen LogP contribution >= 0.6 is 0 Å². The van der Waals surface area contributed by atoms with Gasteiger partial charge in [-0.3, -0.25) is 4.79 Å². The van der Waals surface area contributed by atoms with Gasteiger partial charge in [-0.15, -0.1) is 0 Å². The Balaban J connectivity index is 1.58. The predicted molar refractivity (Wildman–Crippen MR) is 103 cm³/mol. The number of rotatable bonds is 14. The van der Waals surface area contributed by atoms with Gasteiger partial charge >= 0.3 is 5.97 Å². The van der Waals surface area contributed by atoms with E-state index in [1.54, 1.807) is 0 Å². The number of methoxy groups -OCH3 is 1. The first kappa shape index (κ1) is 20.7. The highest BCUT2D eigenvalue weighted by Gasteiger charge is 2.47. The fourth-order valence-electron chi connectivity index (χ4n) is 5.02. The maximum atomic E-state index is 11.1. The molecule has 1 aliphatic carbocycles. The van der Waals surface area contributed by atoms with Crippen molar-refractivity contribution < 1.29 is 14.3 Å². The summed E-state index contributed by atoms with van der Waals surface area (Å²) in [5, 5.41) is 0. The van der Waals surface area contributed by atoms with Gasteiger partial charge < -0.3 is 9.47 Å². The van der Waals surface area contributed by atoms with Crippen LogP contribution in [0.2, 0.25) is 0 Å². The van der Waals surface area contributed by atoms with E-state index in [9.17, 15) is 4.79 Å². The Morgan fingerprint density at radius 2 is 1.56 bits per heavy atom. The summed E-state index contributed by atoms with van der Waals surface area (Å²) in [5.74, 6) is 2.52. The fraction of sp³-hybridized carbons (Fsp3) is 0.955. The molecule has 4 atom stereocenters. The van der Waals surface area contributed by atoms with Crippen molar-refractivity contribution >= 4 is 5.97 Å². The molecule has 0 unspecified atom stereocenters. The number of ether oxygens (including phenoxy) is 2. The van der Waals surface area contributed by atoms with Crippen molar-refractivity contribution in [2.75, 3.05) is 13.7 Å². The molecular formula is C22H40O3. The Labute approximate surface area is 155 Å². The van der Waals surface area contributed by atoms with Crippen LogP contribution in [0.1, 0.15) is 96.8 Å². The third kappa shape index (κ3) is 6.92. The van der Waals surface area contributed by atoms with Crippen LogP contribution in [0.4, 0.5) is 0 Å². The van der Waals surface area contributed by atoms with Crippen LogP contribution in [0.15, 0.2) is 0 Å². The Morgan fingerprint density at radius 3 is 2.28 bits per heavy atom. The van der Waals surface area contributed by atoms with Gasteiger partial charge in [-0.05, 0) is 43.4 Å². The fourth-order valence-corrected chi connectivity index (χ4v) is 5.02. The molecule has 0 aromatic rings. The summed E-state index contributed by atoms with van der Waals surface area (Å²) >= 11 is 0. The highest BCUT2D eigenvalue weighted by Crippen LogP contribution is 2.49. The van der Waals surface area contributed by atoms with E-state index in [2.05, 4.69) is 6.92 Å². The Kier molecular flexibility index (Phi) is 9.90. The minimum Gasteiger partial charge on any atom is -0.469 e. The van der Waals surface area contributed by atoms with Gasteiger partial charge in [-0.2, -0.15) is 0 Å². The molecule has 1 saturated carbocycles. The average Bonchev–Trinajstić information content (AvgIpc) is 3.22. The topological polar surface area (TPSA) is 35.5 Å². The normalized spacial score (nSPS) is 27.8. The standard InChI is InChI=1S/C22H40O3/c1-3-4-5-6-7-11-14-20-19(18-16-21(20)25-17-18)13-10-8-9-12-15-22(23)24-2/h18-21H,3-17H2,1-2H3/t18-,19-,20+,21-/m0/s1. The lowest BCUT2D eigenvalue weighted by molar-refractivity contribution is -0.140. The van der Waals surface area contributed by atoms with E-state index in [1.807, 2.05) is 0 Å². The molecule has 3 heteroatoms. The highest BCUT2D eigenvalue weighted by molar-refractivity contribution is 5.68. The maximum absolute atomic E-state index is 11.1. The number of fused-ring (bicyclic) bond motifs is 2. The SMILES string of the molecule is CCCCCCCC[C@@H]1[C@@H](CCCCCCC(=O)OC)[C@@H]2CO[C@H]1C2. The van der Waals surface area contributed by atoms with Crippen molar-refractivity contribution in [1.82, 2.24) is 0 Å². The van der Waals surface area contributed by atoms with Crippen molar-refractivity contribution in [1.29, 1.82) is 0 Å². The van der Waals surface area contributed by atoms with Crippen LogP contribution in [0, 0.1) is 17.8 Å². The number of esters is 1. The summed E-state index contributed by atoms with van der Waals surface area (Å²) < 4.78 is 10.7. The van der Waals surface area contributed by atoms with Crippen LogP contribution in [-0.2, 0) is 14.3 Å². The van der Waals surface area contributed by atoms with Crippen LogP contribution < -0.4 is 0 Å². The number of carbonyl (C=O) groups excluding carboxylic acids is 1. The van der Waals surface area contributed by atoms with Crippen LogP contribution in [0.5, 0.6) is 0 Å². The first-order valence-electron chi connectivity index (χ1n) is 10.9. The average molecular weight is 353 g/mol. The molecule has 2 aliphatic rings. The van der Waals surface area contributed by atoms with Crippen molar-refractivity contribution in [2.24, 2.45) is 17.8 Å². The molecule has 0 aromatic carbocycles. The molecule has 146 valence electrons. The zero-order valence-electron chi connectivity index (χ0n) is 16.6. The van der Waals surface area contributed by atoms with Gasteiger partial charge in [-0.25, -0.2) is 0 Å². The van der Waals surface area contributed by atoms with Gasteiger partial charge in [0.2, 0.25) is 0 Å². The van der Waals surface area contributed by atoms with E-state index in [0.717, 1.165) is 37.2 Å². The molecule has 1 aliphatic heterocycles.